The second-order valence-electron chi connectivity index (χ2n) is 3.84. The van der Waals surface area contributed by atoms with Crippen molar-refractivity contribution in [3.8, 4) is 5.75 Å². The van der Waals surface area contributed by atoms with Gasteiger partial charge in [-0.05, 0) is 37.1 Å². The van der Waals surface area contributed by atoms with E-state index in [0.29, 0.717) is 12.1 Å². The average molecular weight is 207 g/mol. The molecule has 0 radical (unpaired) electrons. The molecule has 1 aromatic rings. The Labute approximate surface area is 87.7 Å². The second kappa shape index (κ2) is 3.46. The van der Waals surface area contributed by atoms with E-state index in [2.05, 4.69) is 0 Å². The van der Waals surface area contributed by atoms with Crippen LogP contribution in [0.25, 0.3) is 0 Å². The molecular weight excluding hydrogens is 194 g/mol. The first-order chi connectivity index (χ1) is 7.08. The molecule has 2 rings (SSSR count). The number of carbonyl (C=O) groups is 1. The highest BCUT2D eigenvalue weighted by Gasteiger charge is 2.32. The van der Waals surface area contributed by atoms with Crippen LogP contribution in [0.2, 0.25) is 0 Å². The van der Waals surface area contributed by atoms with Crippen molar-refractivity contribution in [3.05, 3.63) is 23.8 Å². The van der Waals surface area contributed by atoms with Crippen molar-refractivity contribution in [3.63, 3.8) is 0 Å². The summed E-state index contributed by atoms with van der Waals surface area (Å²) >= 11 is 0. The molecule has 80 valence electrons. The Bertz CT molecular complexity index is 403. The molecule has 0 bridgehead atoms. The number of aliphatic carboxylic acids is 1. The molecule has 0 aromatic heterocycles. The van der Waals surface area contributed by atoms with Gasteiger partial charge in [0.05, 0.1) is 5.92 Å². The van der Waals surface area contributed by atoms with Gasteiger partial charge in [0.1, 0.15) is 11.9 Å². The number of ether oxygens (including phenoxy) is 1. The van der Waals surface area contributed by atoms with E-state index in [1.165, 1.54) is 0 Å². The molecule has 0 fully saturated rings. The Morgan fingerprint density at radius 2 is 2.33 bits per heavy atom. The van der Waals surface area contributed by atoms with Gasteiger partial charge < -0.3 is 15.6 Å². The van der Waals surface area contributed by atoms with Crippen LogP contribution < -0.4 is 10.5 Å². The van der Waals surface area contributed by atoms with Gasteiger partial charge in [0.25, 0.3) is 0 Å². The first kappa shape index (κ1) is 9.83. The molecule has 4 heteroatoms. The zero-order valence-corrected chi connectivity index (χ0v) is 8.43. The first-order valence-electron chi connectivity index (χ1n) is 4.86. The molecule has 1 aliphatic heterocycles. The number of carboxylic acid groups (broad SMARTS) is 1. The van der Waals surface area contributed by atoms with Gasteiger partial charge in [0.15, 0.2) is 0 Å². The van der Waals surface area contributed by atoms with Gasteiger partial charge in [-0.2, -0.15) is 0 Å². The number of nitrogen functional groups attached to an aromatic ring is 1. The number of fused-ring (bicyclic) bond motifs is 1. The van der Waals surface area contributed by atoms with Crippen LogP contribution in [0.1, 0.15) is 12.5 Å². The summed E-state index contributed by atoms with van der Waals surface area (Å²) in [5, 5.41) is 8.99. The standard InChI is InChI=1S/C11H13NO3/c1-6-9(11(13)14)5-7-4-8(12)2-3-10(7)15-6/h2-4,6,9H,5,12H2,1H3,(H,13,14). The summed E-state index contributed by atoms with van der Waals surface area (Å²) in [6, 6.07) is 5.32. The predicted octanol–water partition coefficient (Wildman–Crippen LogP) is 1.29. The third kappa shape index (κ3) is 1.75. The van der Waals surface area contributed by atoms with Crippen molar-refractivity contribution in [1.29, 1.82) is 0 Å². The van der Waals surface area contributed by atoms with Crippen LogP contribution in [0.3, 0.4) is 0 Å². The molecule has 2 unspecified atom stereocenters. The van der Waals surface area contributed by atoms with E-state index in [4.69, 9.17) is 15.6 Å². The molecule has 3 N–H and O–H groups in total. The number of hydrogen-bond donors (Lipinski definition) is 2. The normalized spacial score (nSPS) is 24.1. The van der Waals surface area contributed by atoms with E-state index < -0.39 is 11.9 Å². The van der Waals surface area contributed by atoms with E-state index in [1.807, 2.05) is 0 Å². The van der Waals surface area contributed by atoms with Gasteiger partial charge in [-0.25, -0.2) is 0 Å². The maximum absolute atomic E-state index is 10.9. The van der Waals surface area contributed by atoms with Crippen LogP contribution >= 0.6 is 0 Å². The van der Waals surface area contributed by atoms with E-state index in [-0.39, 0.29) is 6.10 Å². The molecule has 0 saturated carbocycles. The SMILES string of the molecule is CC1Oc2ccc(N)cc2CC1C(=O)O. The van der Waals surface area contributed by atoms with Gasteiger partial charge in [0.2, 0.25) is 0 Å². The smallest absolute Gasteiger partial charge is 0.310 e. The molecule has 4 nitrogen and oxygen atoms in total. The molecule has 0 saturated heterocycles. The maximum atomic E-state index is 10.9. The average Bonchev–Trinajstić information content (AvgIpc) is 2.17. The molecule has 1 aromatic carbocycles. The third-order valence-corrected chi connectivity index (χ3v) is 2.72. The summed E-state index contributed by atoms with van der Waals surface area (Å²) in [6.07, 6.45) is 0.190. The lowest BCUT2D eigenvalue weighted by Gasteiger charge is -2.28. The lowest BCUT2D eigenvalue weighted by Crippen LogP contribution is -2.35. The number of nitrogens with two attached hydrogens (primary N) is 1. The second-order valence-corrected chi connectivity index (χ2v) is 3.84. The van der Waals surface area contributed by atoms with Crippen molar-refractivity contribution in [2.75, 3.05) is 5.73 Å². The van der Waals surface area contributed by atoms with Gasteiger partial charge in [-0.1, -0.05) is 0 Å². The van der Waals surface area contributed by atoms with E-state index in [1.54, 1.807) is 25.1 Å². The number of benzene rings is 1. The van der Waals surface area contributed by atoms with Crippen LogP contribution in [0, 0.1) is 5.92 Å². The molecule has 0 aliphatic carbocycles. The Kier molecular flexibility index (Phi) is 2.26. The van der Waals surface area contributed by atoms with E-state index >= 15 is 0 Å². The number of anilines is 1. The Morgan fingerprint density at radius 3 is 3.00 bits per heavy atom. The number of carboxylic acids is 1. The van der Waals surface area contributed by atoms with Crippen molar-refractivity contribution in [1.82, 2.24) is 0 Å². The molecular formula is C11H13NO3. The fourth-order valence-electron chi connectivity index (χ4n) is 1.85. The molecule has 1 aliphatic rings. The summed E-state index contributed by atoms with van der Waals surface area (Å²) in [4.78, 5) is 10.9. The number of hydrogen-bond acceptors (Lipinski definition) is 3. The molecule has 2 atom stereocenters. The van der Waals surface area contributed by atoms with Crippen LogP contribution in [0.15, 0.2) is 18.2 Å². The first-order valence-corrected chi connectivity index (χ1v) is 4.86. The summed E-state index contributed by atoms with van der Waals surface area (Å²) < 4.78 is 5.52. The Hall–Kier alpha value is -1.71. The minimum absolute atomic E-state index is 0.293. The minimum atomic E-state index is -0.824. The predicted molar refractivity (Wildman–Crippen MR) is 55.8 cm³/mol. The zero-order valence-electron chi connectivity index (χ0n) is 8.43. The van der Waals surface area contributed by atoms with Crippen LogP contribution in [0.4, 0.5) is 5.69 Å². The molecule has 15 heavy (non-hydrogen) atoms. The molecule has 0 amide bonds. The minimum Gasteiger partial charge on any atom is -0.490 e. The van der Waals surface area contributed by atoms with Crippen molar-refractivity contribution in [2.45, 2.75) is 19.4 Å². The van der Waals surface area contributed by atoms with Crippen LogP contribution in [-0.2, 0) is 11.2 Å². The van der Waals surface area contributed by atoms with Crippen molar-refractivity contribution >= 4 is 11.7 Å². The van der Waals surface area contributed by atoms with Gasteiger partial charge >= 0.3 is 5.97 Å². The topological polar surface area (TPSA) is 72.5 Å². The zero-order chi connectivity index (χ0) is 11.0. The fourth-order valence-corrected chi connectivity index (χ4v) is 1.85. The largest absolute Gasteiger partial charge is 0.490 e. The highest BCUT2D eigenvalue weighted by atomic mass is 16.5. The summed E-state index contributed by atoms with van der Waals surface area (Å²) in [5.74, 6) is -0.566. The highest BCUT2D eigenvalue weighted by Crippen LogP contribution is 2.32. The number of rotatable bonds is 1. The summed E-state index contributed by atoms with van der Waals surface area (Å²) in [5.41, 5.74) is 7.15. The van der Waals surface area contributed by atoms with Gasteiger partial charge in [0, 0.05) is 5.69 Å². The van der Waals surface area contributed by atoms with E-state index in [9.17, 15) is 4.79 Å². The Balaban J connectivity index is 2.34. The van der Waals surface area contributed by atoms with Gasteiger partial charge in [-0.15, -0.1) is 0 Å². The van der Waals surface area contributed by atoms with E-state index in [0.717, 1.165) is 11.3 Å². The van der Waals surface area contributed by atoms with Gasteiger partial charge in [-0.3, -0.25) is 4.79 Å². The summed E-state index contributed by atoms with van der Waals surface area (Å²) in [7, 11) is 0. The lowest BCUT2D eigenvalue weighted by molar-refractivity contribution is -0.145. The highest BCUT2D eigenvalue weighted by molar-refractivity contribution is 5.72. The van der Waals surface area contributed by atoms with Crippen molar-refractivity contribution < 1.29 is 14.6 Å². The van der Waals surface area contributed by atoms with Crippen LogP contribution in [0.5, 0.6) is 5.75 Å². The lowest BCUT2D eigenvalue weighted by atomic mass is 9.91. The monoisotopic (exact) mass is 207 g/mol. The Morgan fingerprint density at radius 1 is 1.60 bits per heavy atom. The quantitative estimate of drug-likeness (QED) is 0.681. The third-order valence-electron chi connectivity index (χ3n) is 2.72. The van der Waals surface area contributed by atoms with Crippen LogP contribution in [-0.4, -0.2) is 17.2 Å². The fraction of sp³-hybridized carbons (Fsp3) is 0.364. The van der Waals surface area contributed by atoms with Crippen molar-refractivity contribution in [2.24, 2.45) is 5.92 Å². The maximum Gasteiger partial charge on any atom is 0.310 e. The molecule has 0 spiro atoms. The molecule has 1 heterocycles. The summed E-state index contributed by atoms with van der Waals surface area (Å²) in [6.45, 7) is 1.78.